The number of carbonyl (C=O) groups is 1. The van der Waals surface area contributed by atoms with E-state index in [0.29, 0.717) is 0 Å². The van der Waals surface area contributed by atoms with Gasteiger partial charge in [0.15, 0.2) is 0 Å². The van der Waals surface area contributed by atoms with E-state index in [2.05, 4.69) is 11.7 Å². The van der Waals surface area contributed by atoms with Crippen molar-refractivity contribution in [3.05, 3.63) is 0 Å². The van der Waals surface area contributed by atoms with Gasteiger partial charge in [-0.25, -0.2) is 0 Å². The van der Waals surface area contributed by atoms with E-state index >= 15 is 0 Å². The fourth-order valence-electron chi connectivity index (χ4n) is 1.83. The molecule has 2 N–H and O–H groups in total. The highest BCUT2D eigenvalue weighted by Gasteiger charge is 2.32. The van der Waals surface area contributed by atoms with Crippen molar-refractivity contribution >= 4 is 5.97 Å². The Morgan fingerprint density at radius 1 is 1.31 bits per heavy atom. The number of hydrogen-bond donors (Lipinski definition) is 2. The van der Waals surface area contributed by atoms with Crippen LogP contribution in [0.25, 0.3) is 0 Å². The summed E-state index contributed by atoms with van der Waals surface area (Å²) in [5, 5.41) is 19.6. The molecule has 0 aliphatic heterocycles. The lowest BCUT2D eigenvalue weighted by atomic mass is 9.85. The third-order valence-corrected chi connectivity index (χ3v) is 3.03. The van der Waals surface area contributed by atoms with Gasteiger partial charge in [-0.15, -0.1) is 0 Å². The SMILES string of the molecule is CCCC[C@@H]([C@H](O)[C@@H](C)C(=O)OC)[C@@H](C)O. The van der Waals surface area contributed by atoms with E-state index in [1.807, 2.05) is 0 Å². The van der Waals surface area contributed by atoms with Gasteiger partial charge in [0, 0.05) is 5.92 Å². The van der Waals surface area contributed by atoms with Crippen LogP contribution in [-0.2, 0) is 9.53 Å². The van der Waals surface area contributed by atoms with Crippen LogP contribution >= 0.6 is 0 Å². The van der Waals surface area contributed by atoms with Gasteiger partial charge in [0.05, 0.1) is 25.2 Å². The molecule has 0 aromatic rings. The highest BCUT2D eigenvalue weighted by atomic mass is 16.5. The van der Waals surface area contributed by atoms with Gasteiger partial charge in [-0.3, -0.25) is 4.79 Å². The largest absolute Gasteiger partial charge is 0.469 e. The van der Waals surface area contributed by atoms with Crippen LogP contribution in [0.4, 0.5) is 0 Å². The van der Waals surface area contributed by atoms with E-state index in [1.54, 1.807) is 13.8 Å². The maximum atomic E-state index is 11.3. The van der Waals surface area contributed by atoms with Crippen molar-refractivity contribution in [3.8, 4) is 0 Å². The predicted molar refractivity (Wildman–Crippen MR) is 61.9 cm³/mol. The van der Waals surface area contributed by atoms with E-state index in [1.165, 1.54) is 7.11 Å². The molecular formula is C12H24O4. The number of hydrogen-bond acceptors (Lipinski definition) is 4. The molecule has 0 amide bonds. The number of unbranched alkanes of at least 4 members (excludes halogenated alkanes) is 1. The smallest absolute Gasteiger partial charge is 0.311 e. The first-order valence-electron chi connectivity index (χ1n) is 5.89. The van der Waals surface area contributed by atoms with Crippen LogP contribution in [0.15, 0.2) is 0 Å². The number of carbonyl (C=O) groups excluding carboxylic acids is 1. The summed E-state index contributed by atoms with van der Waals surface area (Å²) in [6.45, 7) is 5.32. The van der Waals surface area contributed by atoms with Crippen molar-refractivity contribution in [2.45, 2.75) is 52.2 Å². The Labute approximate surface area is 97.6 Å². The minimum Gasteiger partial charge on any atom is -0.469 e. The molecule has 0 heterocycles. The second-order valence-electron chi connectivity index (χ2n) is 4.35. The van der Waals surface area contributed by atoms with E-state index in [0.717, 1.165) is 19.3 Å². The Morgan fingerprint density at radius 2 is 1.88 bits per heavy atom. The Kier molecular flexibility index (Phi) is 7.34. The van der Waals surface area contributed by atoms with Crippen molar-refractivity contribution in [1.82, 2.24) is 0 Å². The molecule has 96 valence electrons. The summed E-state index contributed by atoms with van der Waals surface area (Å²) in [4.78, 5) is 11.3. The lowest BCUT2D eigenvalue weighted by Crippen LogP contribution is -2.38. The summed E-state index contributed by atoms with van der Waals surface area (Å²) >= 11 is 0. The lowest BCUT2D eigenvalue weighted by molar-refractivity contribution is -0.151. The van der Waals surface area contributed by atoms with Crippen molar-refractivity contribution in [1.29, 1.82) is 0 Å². The summed E-state index contributed by atoms with van der Waals surface area (Å²) in [6.07, 6.45) is 1.19. The first kappa shape index (κ1) is 15.4. The molecule has 0 bridgehead atoms. The molecule has 0 aromatic heterocycles. The fraction of sp³-hybridized carbons (Fsp3) is 0.917. The van der Waals surface area contributed by atoms with Crippen LogP contribution in [0.3, 0.4) is 0 Å². The molecule has 0 spiro atoms. The van der Waals surface area contributed by atoms with Gasteiger partial charge >= 0.3 is 5.97 Å². The van der Waals surface area contributed by atoms with Gasteiger partial charge in [0.2, 0.25) is 0 Å². The second kappa shape index (κ2) is 7.63. The standard InChI is InChI=1S/C12H24O4/c1-5-6-7-10(9(3)13)11(14)8(2)12(15)16-4/h8-11,13-14H,5-7H2,1-4H3/t8-,9-,10-,11-/m1/s1. The van der Waals surface area contributed by atoms with E-state index in [9.17, 15) is 15.0 Å². The molecule has 4 atom stereocenters. The number of rotatable bonds is 7. The third-order valence-electron chi connectivity index (χ3n) is 3.03. The summed E-state index contributed by atoms with van der Waals surface area (Å²) in [7, 11) is 1.30. The summed E-state index contributed by atoms with van der Waals surface area (Å²) < 4.78 is 4.59. The van der Waals surface area contributed by atoms with Crippen LogP contribution in [0, 0.1) is 11.8 Å². The summed E-state index contributed by atoms with van der Waals surface area (Å²) in [5.74, 6) is -1.30. The molecule has 0 rings (SSSR count). The van der Waals surface area contributed by atoms with Gasteiger partial charge in [0.1, 0.15) is 0 Å². The zero-order valence-electron chi connectivity index (χ0n) is 10.6. The number of methoxy groups -OCH3 is 1. The molecule has 0 saturated heterocycles. The zero-order valence-corrected chi connectivity index (χ0v) is 10.6. The first-order chi connectivity index (χ1) is 7.45. The maximum Gasteiger partial charge on any atom is 0.311 e. The zero-order chi connectivity index (χ0) is 12.7. The Hall–Kier alpha value is -0.610. The Balaban J connectivity index is 4.47. The quantitative estimate of drug-likeness (QED) is 0.650. The third kappa shape index (κ3) is 4.49. The topological polar surface area (TPSA) is 66.8 Å². The fourth-order valence-corrected chi connectivity index (χ4v) is 1.83. The van der Waals surface area contributed by atoms with Crippen molar-refractivity contribution in [2.75, 3.05) is 7.11 Å². The van der Waals surface area contributed by atoms with E-state index in [-0.39, 0.29) is 5.92 Å². The lowest BCUT2D eigenvalue weighted by Gasteiger charge is -2.28. The molecule has 0 radical (unpaired) electrons. The van der Waals surface area contributed by atoms with Gasteiger partial charge in [-0.05, 0) is 20.3 Å². The van der Waals surface area contributed by atoms with E-state index < -0.39 is 24.1 Å². The molecular weight excluding hydrogens is 208 g/mol. The second-order valence-corrected chi connectivity index (χ2v) is 4.35. The molecule has 0 aliphatic carbocycles. The van der Waals surface area contributed by atoms with Gasteiger partial charge in [0.25, 0.3) is 0 Å². The van der Waals surface area contributed by atoms with Crippen LogP contribution in [0.5, 0.6) is 0 Å². The van der Waals surface area contributed by atoms with Gasteiger partial charge < -0.3 is 14.9 Å². The molecule has 0 unspecified atom stereocenters. The van der Waals surface area contributed by atoms with Crippen molar-refractivity contribution in [2.24, 2.45) is 11.8 Å². The average Bonchev–Trinajstić information content (AvgIpc) is 2.26. The maximum absolute atomic E-state index is 11.3. The highest BCUT2D eigenvalue weighted by Crippen LogP contribution is 2.23. The molecule has 16 heavy (non-hydrogen) atoms. The molecule has 0 saturated carbocycles. The molecule has 4 nitrogen and oxygen atoms in total. The molecule has 0 aliphatic rings. The minimum atomic E-state index is -0.848. The normalized spacial score (nSPS) is 18.6. The number of aliphatic hydroxyl groups excluding tert-OH is 2. The first-order valence-corrected chi connectivity index (χ1v) is 5.89. The van der Waals surface area contributed by atoms with Crippen LogP contribution in [-0.4, -0.2) is 35.5 Å². The molecule has 0 aromatic carbocycles. The average molecular weight is 232 g/mol. The number of esters is 1. The monoisotopic (exact) mass is 232 g/mol. The number of aliphatic hydroxyl groups is 2. The summed E-state index contributed by atoms with van der Waals surface area (Å²) in [5.41, 5.74) is 0. The predicted octanol–water partition coefficient (Wildman–Crippen LogP) is 1.34. The molecule has 0 fully saturated rings. The van der Waals surface area contributed by atoms with Crippen LogP contribution < -0.4 is 0 Å². The van der Waals surface area contributed by atoms with Crippen molar-refractivity contribution < 1.29 is 19.7 Å². The summed E-state index contributed by atoms with van der Waals surface area (Å²) in [6, 6.07) is 0. The van der Waals surface area contributed by atoms with Crippen LogP contribution in [0.2, 0.25) is 0 Å². The minimum absolute atomic E-state index is 0.269. The van der Waals surface area contributed by atoms with Crippen molar-refractivity contribution in [3.63, 3.8) is 0 Å². The van der Waals surface area contributed by atoms with E-state index in [4.69, 9.17) is 0 Å². The Morgan fingerprint density at radius 3 is 2.25 bits per heavy atom. The van der Waals surface area contributed by atoms with Crippen LogP contribution in [0.1, 0.15) is 40.0 Å². The molecule has 4 heteroatoms. The van der Waals surface area contributed by atoms with Gasteiger partial charge in [-0.2, -0.15) is 0 Å². The highest BCUT2D eigenvalue weighted by molar-refractivity contribution is 5.72. The Bertz CT molecular complexity index is 203. The number of ether oxygens (including phenoxy) is 1. The van der Waals surface area contributed by atoms with Gasteiger partial charge in [-0.1, -0.05) is 19.8 Å².